The molecule has 0 radical (unpaired) electrons. The van der Waals surface area contributed by atoms with Crippen LogP contribution in [0, 0.1) is 17.5 Å². The first kappa shape index (κ1) is 18.0. The minimum absolute atomic E-state index is 0.0110. The van der Waals surface area contributed by atoms with Gasteiger partial charge in [-0.1, -0.05) is 0 Å². The van der Waals surface area contributed by atoms with Crippen LogP contribution in [0.1, 0.15) is 28.9 Å². The second-order valence-corrected chi connectivity index (χ2v) is 5.79. The van der Waals surface area contributed by atoms with Crippen molar-refractivity contribution in [1.82, 2.24) is 15.3 Å². The molecule has 0 unspecified atom stereocenters. The number of ether oxygens (including phenoxy) is 1. The molecule has 3 rings (SSSR count). The Morgan fingerprint density at radius 1 is 1.27 bits per heavy atom. The zero-order valence-electron chi connectivity index (χ0n) is 14.1. The number of benzene rings is 1. The molecule has 9 heteroatoms. The summed E-state index contributed by atoms with van der Waals surface area (Å²) in [5, 5.41) is 2.44. The zero-order valence-corrected chi connectivity index (χ0v) is 14.1. The lowest BCUT2D eigenvalue weighted by atomic mass is 10.1. The number of aromatic nitrogens is 2. The Hall–Kier alpha value is -2.84. The van der Waals surface area contributed by atoms with Gasteiger partial charge in [-0.2, -0.15) is 4.39 Å². The van der Waals surface area contributed by atoms with Gasteiger partial charge in [-0.3, -0.25) is 4.79 Å². The van der Waals surface area contributed by atoms with Crippen molar-refractivity contribution in [2.45, 2.75) is 19.4 Å². The second-order valence-electron chi connectivity index (χ2n) is 5.79. The number of nitrogens with zero attached hydrogens (tertiary/aromatic N) is 3. The highest BCUT2D eigenvalue weighted by atomic mass is 19.2. The van der Waals surface area contributed by atoms with E-state index in [0.717, 1.165) is 33.0 Å². The van der Waals surface area contributed by atoms with Crippen molar-refractivity contribution in [3.05, 3.63) is 47.0 Å². The SMILES string of the molecule is COc1c(F)c(F)cc(C(=O)NCc2ccnc(N3CCCC3)n2)c1F. The molecule has 2 heterocycles. The first-order valence-corrected chi connectivity index (χ1v) is 8.07. The van der Waals surface area contributed by atoms with E-state index >= 15 is 0 Å². The van der Waals surface area contributed by atoms with E-state index in [9.17, 15) is 18.0 Å². The van der Waals surface area contributed by atoms with Crippen LogP contribution in [0.4, 0.5) is 19.1 Å². The Kier molecular flexibility index (Phi) is 5.24. The van der Waals surface area contributed by atoms with Gasteiger partial charge in [-0.15, -0.1) is 0 Å². The van der Waals surface area contributed by atoms with Gasteiger partial charge in [0.05, 0.1) is 24.9 Å². The van der Waals surface area contributed by atoms with Gasteiger partial charge in [0.1, 0.15) is 0 Å². The molecule has 1 fully saturated rings. The normalized spacial score (nSPS) is 13.8. The lowest BCUT2D eigenvalue weighted by molar-refractivity contribution is 0.0944. The highest BCUT2D eigenvalue weighted by Gasteiger charge is 2.23. The van der Waals surface area contributed by atoms with Crippen LogP contribution in [0.25, 0.3) is 0 Å². The van der Waals surface area contributed by atoms with Crippen LogP contribution < -0.4 is 15.0 Å². The molecule has 1 aromatic carbocycles. The van der Waals surface area contributed by atoms with E-state index in [4.69, 9.17) is 0 Å². The fraction of sp³-hybridized carbons (Fsp3) is 0.353. The van der Waals surface area contributed by atoms with Crippen molar-refractivity contribution in [2.24, 2.45) is 0 Å². The Balaban J connectivity index is 1.73. The molecule has 1 aromatic heterocycles. The molecule has 1 aliphatic rings. The molecular formula is C17H17F3N4O2. The van der Waals surface area contributed by atoms with Crippen molar-refractivity contribution in [2.75, 3.05) is 25.1 Å². The third kappa shape index (κ3) is 3.56. The van der Waals surface area contributed by atoms with Crippen LogP contribution in [-0.4, -0.2) is 36.1 Å². The van der Waals surface area contributed by atoms with Gasteiger partial charge in [0, 0.05) is 19.3 Å². The van der Waals surface area contributed by atoms with Gasteiger partial charge in [0.25, 0.3) is 5.91 Å². The first-order chi connectivity index (χ1) is 12.5. The molecule has 26 heavy (non-hydrogen) atoms. The Morgan fingerprint density at radius 2 is 2.00 bits per heavy atom. The molecule has 0 aliphatic carbocycles. The van der Waals surface area contributed by atoms with Crippen molar-refractivity contribution in [1.29, 1.82) is 0 Å². The highest BCUT2D eigenvalue weighted by molar-refractivity contribution is 5.94. The lowest BCUT2D eigenvalue weighted by Gasteiger charge is -2.15. The van der Waals surface area contributed by atoms with Crippen molar-refractivity contribution < 1.29 is 22.7 Å². The minimum Gasteiger partial charge on any atom is -0.491 e. The van der Waals surface area contributed by atoms with Gasteiger partial charge in [-0.25, -0.2) is 18.7 Å². The Bertz CT molecular complexity index is 826. The molecule has 1 amide bonds. The van der Waals surface area contributed by atoms with E-state index in [0.29, 0.717) is 17.7 Å². The molecule has 0 spiro atoms. The quantitative estimate of drug-likeness (QED) is 0.824. The zero-order chi connectivity index (χ0) is 18.7. The molecular weight excluding hydrogens is 349 g/mol. The number of hydrogen-bond acceptors (Lipinski definition) is 5. The number of hydrogen-bond donors (Lipinski definition) is 1. The number of nitrogens with one attached hydrogen (secondary N) is 1. The minimum atomic E-state index is -1.48. The van der Waals surface area contributed by atoms with Crippen LogP contribution in [0.15, 0.2) is 18.3 Å². The molecule has 6 nitrogen and oxygen atoms in total. The summed E-state index contributed by atoms with van der Waals surface area (Å²) in [6.45, 7) is 1.73. The van der Waals surface area contributed by atoms with Gasteiger partial charge in [-0.05, 0) is 25.0 Å². The van der Waals surface area contributed by atoms with Gasteiger partial charge < -0.3 is 15.0 Å². The predicted octanol–water partition coefficient (Wildman–Crippen LogP) is 2.43. The maximum absolute atomic E-state index is 14.1. The fourth-order valence-electron chi connectivity index (χ4n) is 2.74. The summed E-state index contributed by atoms with van der Waals surface area (Å²) in [5.74, 6) is -5.38. The molecule has 1 saturated heterocycles. The maximum Gasteiger partial charge on any atom is 0.254 e. The van der Waals surface area contributed by atoms with Crippen molar-refractivity contribution >= 4 is 11.9 Å². The predicted molar refractivity (Wildman–Crippen MR) is 87.5 cm³/mol. The maximum atomic E-state index is 14.1. The van der Waals surface area contributed by atoms with Crippen LogP contribution in [0.5, 0.6) is 5.75 Å². The third-order valence-corrected chi connectivity index (χ3v) is 4.08. The van der Waals surface area contributed by atoms with E-state index in [2.05, 4.69) is 20.0 Å². The van der Waals surface area contributed by atoms with E-state index in [1.165, 1.54) is 0 Å². The molecule has 2 aromatic rings. The Labute approximate surface area is 148 Å². The monoisotopic (exact) mass is 366 g/mol. The number of amides is 1. The average Bonchev–Trinajstić information content (AvgIpc) is 3.18. The van der Waals surface area contributed by atoms with Crippen LogP contribution in [0.3, 0.4) is 0 Å². The third-order valence-electron chi connectivity index (χ3n) is 4.08. The summed E-state index contributed by atoms with van der Waals surface area (Å²) in [6, 6.07) is 2.11. The summed E-state index contributed by atoms with van der Waals surface area (Å²) in [5.41, 5.74) is -0.125. The molecule has 138 valence electrons. The van der Waals surface area contributed by atoms with E-state index < -0.39 is 34.7 Å². The van der Waals surface area contributed by atoms with E-state index in [1.807, 2.05) is 4.90 Å². The first-order valence-electron chi connectivity index (χ1n) is 8.07. The van der Waals surface area contributed by atoms with Crippen molar-refractivity contribution in [3.8, 4) is 5.75 Å². The van der Waals surface area contributed by atoms with E-state index in [1.54, 1.807) is 12.3 Å². The summed E-state index contributed by atoms with van der Waals surface area (Å²) < 4.78 is 45.6. The average molecular weight is 366 g/mol. The van der Waals surface area contributed by atoms with Crippen LogP contribution in [0.2, 0.25) is 0 Å². The number of carbonyl (C=O) groups excluding carboxylic acids is 1. The number of carbonyl (C=O) groups is 1. The smallest absolute Gasteiger partial charge is 0.254 e. The fourth-order valence-corrected chi connectivity index (χ4v) is 2.74. The number of halogens is 3. The number of rotatable bonds is 5. The highest BCUT2D eigenvalue weighted by Crippen LogP contribution is 2.27. The Morgan fingerprint density at radius 3 is 2.69 bits per heavy atom. The lowest BCUT2D eigenvalue weighted by Crippen LogP contribution is -2.26. The largest absolute Gasteiger partial charge is 0.491 e. The second kappa shape index (κ2) is 7.59. The standard InChI is InChI=1S/C17H17F3N4O2/c1-26-15-13(19)11(8-12(18)14(15)20)16(25)22-9-10-4-5-21-17(23-10)24-6-2-3-7-24/h4-5,8H,2-3,6-7,9H2,1H3,(H,22,25). The molecule has 1 N–H and O–H groups in total. The van der Waals surface area contributed by atoms with Gasteiger partial charge in [0.15, 0.2) is 17.4 Å². The molecule has 0 bridgehead atoms. The molecule has 1 aliphatic heterocycles. The van der Waals surface area contributed by atoms with E-state index in [-0.39, 0.29) is 6.54 Å². The number of methoxy groups -OCH3 is 1. The summed E-state index contributed by atoms with van der Waals surface area (Å²) in [6.07, 6.45) is 3.71. The molecule has 0 saturated carbocycles. The topological polar surface area (TPSA) is 67.3 Å². The van der Waals surface area contributed by atoms with Gasteiger partial charge in [0.2, 0.25) is 11.8 Å². The summed E-state index contributed by atoms with van der Waals surface area (Å²) in [4.78, 5) is 22.7. The van der Waals surface area contributed by atoms with Crippen LogP contribution in [-0.2, 0) is 6.54 Å². The van der Waals surface area contributed by atoms with Gasteiger partial charge >= 0.3 is 0 Å². The molecule has 0 atom stereocenters. The number of anilines is 1. The van der Waals surface area contributed by atoms with Crippen LogP contribution >= 0.6 is 0 Å². The van der Waals surface area contributed by atoms with Crippen molar-refractivity contribution in [3.63, 3.8) is 0 Å². The summed E-state index contributed by atoms with van der Waals surface area (Å²) >= 11 is 0. The summed E-state index contributed by atoms with van der Waals surface area (Å²) in [7, 11) is 0.989.